The topological polar surface area (TPSA) is 25.8 Å². The Kier molecular flexibility index (Phi) is 4.16. The number of hydrogen-bond acceptors (Lipinski definition) is 2. The van der Waals surface area contributed by atoms with Crippen molar-refractivity contribution < 1.29 is 0 Å². The second-order valence-electron chi connectivity index (χ2n) is 4.98. The van der Waals surface area contributed by atoms with Gasteiger partial charge < -0.3 is 0 Å². The first kappa shape index (κ1) is 14.1. The van der Waals surface area contributed by atoms with Crippen molar-refractivity contribution in [1.82, 2.24) is 9.97 Å². The summed E-state index contributed by atoms with van der Waals surface area (Å²) in [6.45, 7) is 0. The van der Waals surface area contributed by atoms with E-state index in [1.54, 1.807) is 6.07 Å². The molecule has 5 heteroatoms. The van der Waals surface area contributed by atoms with Crippen LogP contribution in [0.15, 0.2) is 18.2 Å². The molecule has 0 saturated carbocycles. The lowest BCUT2D eigenvalue weighted by atomic mass is 9.97. The standard InChI is InChI=1S/C15H13Cl3N2/c16-10-6-5-9(12(17)8-10)7-14-19-13-4-2-1-3-11(13)15(18)20-14/h5-6,8H,1-4,7H2. The predicted molar refractivity (Wildman–Crippen MR) is 83.0 cm³/mol. The van der Waals surface area contributed by atoms with E-state index in [1.807, 2.05) is 12.1 Å². The van der Waals surface area contributed by atoms with Crippen LogP contribution in [0.2, 0.25) is 15.2 Å². The number of hydrogen-bond donors (Lipinski definition) is 0. The maximum atomic E-state index is 6.27. The van der Waals surface area contributed by atoms with Gasteiger partial charge in [0.15, 0.2) is 0 Å². The highest BCUT2D eigenvalue weighted by Gasteiger charge is 2.17. The SMILES string of the molecule is Clc1ccc(Cc2nc(Cl)c3c(n2)CCCC3)c(Cl)c1. The molecule has 2 nitrogen and oxygen atoms in total. The summed E-state index contributed by atoms with van der Waals surface area (Å²) >= 11 is 18.4. The van der Waals surface area contributed by atoms with Crippen LogP contribution in [-0.2, 0) is 19.3 Å². The van der Waals surface area contributed by atoms with Crippen LogP contribution < -0.4 is 0 Å². The van der Waals surface area contributed by atoms with Crippen molar-refractivity contribution in [3.63, 3.8) is 0 Å². The average molecular weight is 328 g/mol. The molecule has 1 aliphatic rings. The summed E-state index contributed by atoms with van der Waals surface area (Å²) < 4.78 is 0. The summed E-state index contributed by atoms with van der Waals surface area (Å²) in [4.78, 5) is 9.05. The molecule has 1 aliphatic carbocycles. The Morgan fingerprint density at radius 1 is 1.00 bits per heavy atom. The molecule has 20 heavy (non-hydrogen) atoms. The molecule has 0 bridgehead atoms. The molecular formula is C15H13Cl3N2. The fraction of sp³-hybridized carbons (Fsp3) is 0.333. The zero-order chi connectivity index (χ0) is 14.1. The van der Waals surface area contributed by atoms with Crippen molar-refractivity contribution in [2.45, 2.75) is 32.1 Å². The average Bonchev–Trinajstić information content (AvgIpc) is 2.42. The monoisotopic (exact) mass is 326 g/mol. The molecule has 0 aliphatic heterocycles. The second kappa shape index (κ2) is 5.88. The van der Waals surface area contributed by atoms with E-state index >= 15 is 0 Å². The summed E-state index contributed by atoms with van der Waals surface area (Å²) in [5.74, 6) is 0.722. The van der Waals surface area contributed by atoms with Crippen LogP contribution in [0.1, 0.15) is 35.5 Å². The van der Waals surface area contributed by atoms with E-state index in [4.69, 9.17) is 34.8 Å². The molecule has 0 amide bonds. The number of halogens is 3. The molecule has 1 aromatic carbocycles. The fourth-order valence-electron chi connectivity index (χ4n) is 2.51. The summed E-state index contributed by atoms with van der Waals surface area (Å²) in [6.07, 6.45) is 4.87. The molecule has 0 saturated heterocycles. The molecular weight excluding hydrogens is 315 g/mol. The Hall–Kier alpha value is -0.830. The van der Waals surface area contributed by atoms with Crippen molar-refractivity contribution in [2.75, 3.05) is 0 Å². The quantitative estimate of drug-likeness (QED) is 0.733. The van der Waals surface area contributed by atoms with Crippen molar-refractivity contribution in [3.8, 4) is 0 Å². The highest BCUT2D eigenvalue weighted by atomic mass is 35.5. The normalized spacial score (nSPS) is 14.2. The maximum Gasteiger partial charge on any atom is 0.136 e. The highest BCUT2D eigenvalue weighted by Crippen LogP contribution is 2.27. The van der Waals surface area contributed by atoms with Crippen molar-refractivity contribution in [1.29, 1.82) is 0 Å². The van der Waals surface area contributed by atoms with E-state index in [-0.39, 0.29) is 0 Å². The van der Waals surface area contributed by atoms with Crippen LogP contribution >= 0.6 is 34.8 Å². The van der Waals surface area contributed by atoms with Gasteiger partial charge in [0.2, 0.25) is 0 Å². The number of benzene rings is 1. The Morgan fingerprint density at radius 2 is 1.80 bits per heavy atom. The van der Waals surface area contributed by atoms with Gasteiger partial charge in [0, 0.05) is 27.7 Å². The molecule has 1 heterocycles. The van der Waals surface area contributed by atoms with Gasteiger partial charge in [0.25, 0.3) is 0 Å². The summed E-state index contributed by atoms with van der Waals surface area (Å²) in [5.41, 5.74) is 3.17. The van der Waals surface area contributed by atoms with Crippen LogP contribution in [-0.4, -0.2) is 9.97 Å². The van der Waals surface area contributed by atoms with Gasteiger partial charge in [-0.2, -0.15) is 0 Å². The highest BCUT2D eigenvalue weighted by molar-refractivity contribution is 6.35. The smallest absolute Gasteiger partial charge is 0.136 e. The van der Waals surface area contributed by atoms with Crippen molar-refractivity contribution in [3.05, 3.63) is 56.0 Å². The van der Waals surface area contributed by atoms with Gasteiger partial charge in [-0.25, -0.2) is 9.97 Å². The van der Waals surface area contributed by atoms with E-state index in [2.05, 4.69) is 9.97 Å². The van der Waals surface area contributed by atoms with Crippen LogP contribution in [0, 0.1) is 0 Å². The molecule has 0 radical (unpaired) electrons. The predicted octanol–water partition coefficient (Wildman–Crippen LogP) is 4.91. The van der Waals surface area contributed by atoms with E-state index < -0.39 is 0 Å². The van der Waals surface area contributed by atoms with Gasteiger partial charge in [-0.05, 0) is 43.4 Å². The lowest BCUT2D eigenvalue weighted by molar-refractivity contribution is 0.656. The lowest BCUT2D eigenvalue weighted by Crippen LogP contribution is -2.10. The largest absolute Gasteiger partial charge is 0.237 e. The molecule has 1 aromatic heterocycles. The van der Waals surface area contributed by atoms with E-state index in [0.717, 1.165) is 35.5 Å². The molecule has 2 aromatic rings. The number of aryl methyl sites for hydroxylation is 1. The first-order valence-electron chi connectivity index (χ1n) is 6.61. The first-order chi connectivity index (χ1) is 9.63. The minimum absolute atomic E-state index is 0.572. The number of nitrogens with zero attached hydrogens (tertiary/aromatic N) is 2. The molecule has 0 N–H and O–H groups in total. The Balaban J connectivity index is 1.93. The molecule has 0 spiro atoms. The minimum Gasteiger partial charge on any atom is -0.237 e. The Labute approximate surface area is 133 Å². The van der Waals surface area contributed by atoms with Gasteiger partial charge in [0.1, 0.15) is 11.0 Å². The first-order valence-corrected chi connectivity index (χ1v) is 7.75. The summed E-state index contributed by atoms with van der Waals surface area (Å²) in [6, 6.07) is 5.46. The van der Waals surface area contributed by atoms with Crippen molar-refractivity contribution >= 4 is 34.8 Å². The lowest BCUT2D eigenvalue weighted by Gasteiger charge is -2.16. The third kappa shape index (κ3) is 2.93. The molecule has 0 fully saturated rings. The van der Waals surface area contributed by atoms with Gasteiger partial charge in [-0.3, -0.25) is 0 Å². The van der Waals surface area contributed by atoms with E-state index in [1.165, 1.54) is 12.8 Å². The van der Waals surface area contributed by atoms with Crippen LogP contribution in [0.3, 0.4) is 0 Å². The van der Waals surface area contributed by atoms with Gasteiger partial charge >= 0.3 is 0 Å². The third-order valence-corrected chi connectivity index (χ3v) is 4.44. The van der Waals surface area contributed by atoms with E-state index in [9.17, 15) is 0 Å². The Morgan fingerprint density at radius 3 is 2.60 bits per heavy atom. The molecule has 0 unspecified atom stereocenters. The minimum atomic E-state index is 0.572. The zero-order valence-corrected chi connectivity index (χ0v) is 13.1. The fourth-order valence-corrected chi connectivity index (χ4v) is 3.29. The number of fused-ring (bicyclic) bond motifs is 1. The molecule has 104 valence electrons. The van der Waals surface area contributed by atoms with E-state index in [0.29, 0.717) is 21.6 Å². The summed E-state index contributed by atoms with van der Waals surface area (Å²) in [7, 11) is 0. The van der Waals surface area contributed by atoms with Crippen LogP contribution in [0.25, 0.3) is 0 Å². The van der Waals surface area contributed by atoms with Gasteiger partial charge in [0.05, 0.1) is 0 Å². The Bertz CT molecular complexity index is 656. The number of aromatic nitrogens is 2. The van der Waals surface area contributed by atoms with Crippen LogP contribution in [0.4, 0.5) is 0 Å². The second-order valence-corrected chi connectivity index (χ2v) is 6.18. The molecule has 3 rings (SSSR count). The van der Waals surface area contributed by atoms with Gasteiger partial charge in [-0.15, -0.1) is 0 Å². The van der Waals surface area contributed by atoms with Gasteiger partial charge in [-0.1, -0.05) is 40.9 Å². The van der Waals surface area contributed by atoms with Crippen LogP contribution in [0.5, 0.6) is 0 Å². The zero-order valence-electron chi connectivity index (χ0n) is 10.8. The third-order valence-electron chi connectivity index (χ3n) is 3.54. The summed E-state index contributed by atoms with van der Waals surface area (Å²) in [5, 5.41) is 1.85. The van der Waals surface area contributed by atoms with Crippen molar-refractivity contribution in [2.24, 2.45) is 0 Å². The number of rotatable bonds is 2. The maximum absolute atomic E-state index is 6.27. The molecule has 0 atom stereocenters.